The van der Waals surface area contributed by atoms with E-state index in [0.29, 0.717) is 5.92 Å². The Morgan fingerprint density at radius 2 is 2.00 bits per heavy atom. The van der Waals surface area contributed by atoms with Crippen LogP contribution in [0.15, 0.2) is 47.1 Å². The monoisotopic (exact) mass is 327 g/mol. The van der Waals surface area contributed by atoms with E-state index in [9.17, 15) is 9.59 Å². The summed E-state index contributed by atoms with van der Waals surface area (Å²) in [6, 6.07) is 10.2. The highest BCUT2D eigenvalue weighted by molar-refractivity contribution is 5.87. The van der Waals surface area contributed by atoms with Crippen molar-refractivity contribution in [2.45, 2.75) is 32.2 Å². The zero-order valence-corrected chi connectivity index (χ0v) is 13.6. The van der Waals surface area contributed by atoms with Gasteiger partial charge in [0.05, 0.1) is 24.3 Å². The van der Waals surface area contributed by atoms with Gasteiger partial charge in [-0.3, -0.25) is 4.79 Å². The summed E-state index contributed by atoms with van der Waals surface area (Å²) in [4.78, 5) is 25.6. The van der Waals surface area contributed by atoms with Crippen LogP contribution >= 0.6 is 0 Å². The molecule has 1 aliphatic rings. The summed E-state index contributed by atoms with van der Waals surface area (Å²) >= 11 is 0. The third-order valence-corrected chi connectivity index (χ3v) is 4.61. The highest BCUT2D eigenvalue weighted by Crippen LogP contribution is 2.34. The minimum atomic E-state index is -0.962. The van der Waals surface area contributed by atoms with Crippen LogP contribution in [0.4, 0.5) is 0 Å². The van der Waals surface area contributed by atoms with Gasteiger partial charge in [-0.1, -0.05) is 19.1 Å². The fraction of sp³-hybridized carbons (Fsp3) is 0.368. The zero-order valence-electron chi connectivity index (χ0n) is 13.6. The summed E-state index contributed by atoms with van der Waals surface area (Å²) in [6.45, 7) is 2.92. The molecule has 0 aliphatic carbocycles. The van der Waals surface area contributed by atoms with Crippen molar-refractivity contribution in [3.63, 3.8) is 0 Å². The molecule has 1 N–H and O–H groups in total. The van der Waals surface area contributed by atoms with Crippen molar-refractivity contribution in [1.29, 1.82) is 0 Å². The van der Waals surface area contributed by atoms with Crippen molar-refractivity contribution in [1.82, 2.24) is 4.90 Å². The topological polar surface area (TPSA) is 70.8 Å². The molecule has 2 atom stereocenters. The normalized spacial score (nSPS) is 20.8. The lowest BCUT2D eigenvalue weighted by Gasteiger charge is -2.37. The van der Waals surface area contributed by atoms with Crippen molar-refractivity contribution in [3.05, 3.63) is 59.5 Å². The molecule has 2 unspecified atom stereocenters. The Kier molecular flexibility index (Phi) is 4.69. The number of aromatic carboxylic acids is 1. The Balaban J connectivity index is 1.73. The molecule has 0 spiro atoms. The predicted molar refractivity (Wildman–Crippen MR) is 88.7 cm³/mol. The fourth-order valence-electron chi connectivity index (χ4n) is 3.23. The summed E-state index contributed by atoms with van der Waals surface area (Å²) in [5, 5.41) is 8.94. The number of benzene rings is 1. The number of rotatable bonds is 4. The number of carboxylic acids is 1. The number of carboxylic acid groups (broad SMARTS) is 1. The third-order valence-electron chi connectivity index (χ3n) is 4.61. The minimum Gasteiger partial charge on any atom is -0.478 e. The largest absolute Gasteiger partial charge is 0.478 e. The van der Waals surface area contributed by atoms with Gasteiger partial charge in [-0.15, -0.1) is 0 Å². The number of nitrogens with zero attached hydrogens (tertiary/aromatic N) is 1. The van der Waals surface area contributed by atoms with Gasteiger partial charge < -0.3 is 14.4 Å². The Bertz CT molecular complexity index is 705. The molecule has 1 aromatic carbocycles. The van der Waals surface area contributed by atoms with Crippen LogP contribution in [0.5, 0.6) is 0 Å². The first kappa shape index (κ1) is 16.3. The van der Waals surface area contributed by atoms with E-state index in [0.717, 1.165) is 30.7 Å². The highest BCUT2D eigenvalue weighted by Gasteiger charge is 2.32. The van der Waals surface area contributed by atoms with Crippen LogP contribution in [0.25, 0.3) is 0 Å². The van der Waals surface area contributed by atoms with E-state index in [1.54, 1.807) is 18.4 Å². The standard InChI is InChI=1S/C19H21NO4/c1-13-8-9-20(16(11-13)17-3-2-10-24-17)18(21)12-14-4-6-15(7-5-14)19(22)23/h2-7,10,13,16H,8-9,11-12H2,1H3,(H,22,23). The molecule has 24 heavy (non-hydrogen) atoms. The SMILES string of the molecule is CC1CCN(C(=O)Cc2ccc(C(=O)O)cc2)C(c2ccco2)C1. The molecule has 0 radical (unpaired) electrons. The lowest BCUT2D eigenvalue weighted by atomic mass is 9.90. The highest BCUT2D eigenvalue weighted by atomic mass is 16.4. The average molecular weight is 327 g/mol. The molecule has 1 fully saturated rings. The molecule has 1 aliphatic heterocycles. The van der Waals surface area contributed by atoms with Crippen molar-refractivity contribution >= 4 is 11.9 Å². The van der Waals surface area contributed by atoms with E-state index in [4.69, 9.17) is 9.52 Å². The van der Waals surface area contributed by atoms with Gasteiger partial charge in [0, 0.05) is 6.54 Å². The number of piperidine rings is 1. The zero-order chi connectivity index (χ0) is 17.1. The van der Waals surface area contributed by atoms with Crippen molar-refractivity contribution in [3.8, 4) is 0 Å². The fourth-order valence-corrected chi connectivity index (χ4v) is 3.23. The number of hydrogen-bond donors (Lipinski definition) is 1. The van der Waals surface area contributed by atoms with Crippen LogP contribution in [0, 0.1) is 5.92 Å². The number of carbonyl (C=O) groups is 2. The number of carbonyl (C=O) groups excluding carboxylic acids is 1. The maximum atomic E-state index is 12.8. The molecule has 2 aromatic rings. The van der Waals surface area contributed by atoms with Crippen molar-refractivity contribution < 1.29 is 19.1 Å². The van der Waals surface area contributed by atoms with E-state index >= 15 is 0 Å². The Labute approximate surface area is 140 Å². The van der Waals surface area contributed by atoms with Crippen LogP contribution in [0.1, 0.15) is 47.5 Å². The molecular weight excluding hydrogens is 306 g/mol. The molecule has 3 rings (SSSR count). The second kappa shape index (κ2) is 6.91. The molecule has 1 saturated heterocycles. The minimum absolute atomic E-state index is 0.0189. The first-order valence-corrected chi connectivity index (χ1v) is 8.19. The lowest BCUT2D eigenvalue weighted by molar-refractivity contribution is -0.135. The van der Waals surface area contributed by atoms with Crippen LogP contribution < -0.4 is 0 Å². The van der Waals surface area contributed by atoms with E-state index < -0.39 is 5.97 Å². The molecular formula is C19H21NO4. The van der Waals surface area contributed by atoms with Crippen LogP contribution in [-0.4, -0.2) is 28.4 Å². The van der Waals surface area contributed by atoms with Gasteiger partial charge in [-0.05, 0) is 48.6 Å². The summed E-state index contributed by atoms with van der Waals surface area (Å²) in [5.41, 5.74) is 1.05. The number of furan rings is 1. The van der Waals surface area contributed by atoms with Gasteiger partial charge >= 0.3 is 5.97 Å². The van der Waals surface area contributed by atoms with Gasteiger partial charge in [0.1, 0.15) is 5.76 Å². The van der Waals surface area contributed by atoms with Gasteiger partial charge in [0.15, 0.2) is 0 Å². The van der Waals surface area contributed by atoms with Crippen molar-refractivity contribution in [2.75, 3.05) is 6.54 Å². The summed E-state index contributed by atoms with van der Waals surface area (Å²) in [7, 11) is 0. The first-order chi connectivity index (χ1) is 11.5. The van der Waals surface area contributed by atoms with E-state index in [1.165, 1.54) is 12.1 Å². The second-order valence-electron chi connectivity index (χ2n) is 6.43. The maximum absolute atomic E-state index is 12.8. The van der Waals surface area contributed by atoms with Crippen LogP contribution in [0.2, 0.25) is 0 Å². The van der Waals surface area contributed by atoms with Crippen molar-refractivity contribution in [2.24, 2.45) is 5.92 Å². The Morgan fingerprint density at radius 3 is 2.62 bits per heavy atom. The third kappa shape index (κ3) is 3.50. The second-order valence-corrected chi connectivity index (χ2v) is 6.43. The Hall–Kier alpha value is -2.56. The summed E-state index contributed by atoms with van der Waals surface area (Å²) in [5.74, 6) is 0.470. The smallest absolute Gasteiger partial charge is 0.335 e. The van der Waals surface area contributed by atoms with E-state index in [-0.39, 0.29) is 23.9 Å². The first-order valence-electron chi connectivity index (χ1n) is 8.19. The predicted octanol–water partition coefficient (Wildman–Crippen LogP) is 3.52. The summed E-state index contributed by atoms with van der Waals surface area (Å²) < 4.78 is 5.53. The van der Waals surface area contributed by atoms with Gasteiger partial charge in [-0.25, -0.2) is 4.79 Å². The van der Waals surface area contributed by atoms with E-state index in [2.05, 4.69) is 6.92 Å². The molecule has 1 amide bonds. The van der Waals surface area contributed by atoms with Gasteiger partial charge in [-0.2, -0.15) is 0 Å². The molecule has 126 valence electrons. The van der Waals surface area contributed by atoms with Crippen LogP contribution in [-0.2, 0) is 11.2 Å². The van der Waals surface area contributed by atoms with Gasteiger partial charge in [0.2, 0.25) is 5.91 Å². The quantitative estimate of drug-likeness (QED) is 0.932. The van der Waals surface area contributed by atoms with Crippen LogP contribution in [0.3, 0.4) is 0 Å². The van der Waals surface area contributed by atoms with E-state index in [1.807, 2.05) is 17.0 Å². The molecule has 5 nitrogen and oxygen atoms in total. The molecule has 5 heteroatoms. The number of hydrogen-bond acceptors (Lipinski definition) is 3. The molecule has 2 heterocycles. The Morgan fingerprint density at radius 1 is 1.25 bits per heavy atom. The average Bonchev–Trinajstić information content (AvgIpc) is 3.09. The molecule has 1 aromatic heterocycles. The molecule has 0 saturated carbocycles. The number of amides is 1. The number of likely N-dealkylation sites (tertiary alicyclic amines) is 1. The van der Waals surface area contributed by atoms with Gasteiger partial charge in [0.25, 0.3) is 0 Å². The lowest BCUT2D eigenvalue weighted by Crippen LogP contribution is -2.41. The molecule has 0 bridgehead atoms. The summed E-state index contributed by atoms with van der Waals surface area (Å²) in [6.07, 6.45) is 3.80. The maximum Gasteiger partial charge on any atom is 0.335 e.